The lowest BCUT2D eigenvalue weighted by Gasteiger charge is -2.24. The Balaban J connectivity index is 1.95. The van der Waals surface area contributed by atoms with Crippen LogP contribution >= 0.6 is 11.3 Å². The molecule has 2 aromatic heterocycles. The Morgan fingerprint density at radius 2 is 2.11 bits per heavy atom. The summed E-state index contributed by atoms with van der Waals surface area (Å²) in [7, 11) is 0. The number of hydrogen-bond donors (Lipinski definition) is 0. The minimum absolute atomic E-state index is 0.442. The third-order valence-corrected chi connectivity index (χ3v) is 4.56. The van der Waals surface area contributed by atoms with Gasteiger partial charge in [0.15, 0.2) is 5.82 Å². The Morgan fingerprint density at radius 1 is 1.21 bits per heavy atom. The van der Waals surface area contributed by atoms with Crippen LogP contribution in [0.25, 0.3) is 10.2 Å². The molecule has 0 bridgehead atoms. The Bertz CT molecular complexity index is 750. The molecule has 1 aliphatic heterocycles. The van der Waals surface area contributed by atoms with Crippen molar-refractivity contribution < 1.29 is 0 Å². The van der Waals surface area contributed by atoms with Gasteiger partial charge in [-0.3, -0.25) is 0 Å². The quantitative estimate of drug-likeness (QED) is 0.672. The lowest BCUT2D eigenvalue weighted by Crippen LogP contribution is -2.24. The van der Waals surface area contributed by atoms with Crippen LogP contribution in [0.4, 0.5) is 11.5 Å². The fraction of sp³-hybridized carbons (Fsp3) is 0.200. The van der Waals surface area contributed by atoms with Gasteiger partial charge in [-0.1, -0.05) is 18.2 Å². The summed E-state index contributed by atoms with van der Waals surface area (Å²) in [5.41, 5.74) is 3.72. The maximum absolute atomic E-state index is 4.54. The lowest BCUT2D eigenvalue weighted by molar-refractivity contribution is 0.752. The summed E-state index contributed by atoms with van der Waals surface area (Å²) in [6.45, 7) is 2.25. The first-order chi connectivity index (χ1) is 9.34. The topological polar surface area (TPSA) is 29.0 Å². The smallest absolute Gasteiger partial charge is 0.154 e. The zero-order chi connectivity index (χ0) is 12.8. The molecule has 0 spiro atoms. The largest absolute Gasteiger partial charge is 0.322 e. The average Bonchev–Trinajstić information content (AvgIpc) is 3.01. The van der Waals surface area contributed by atoms with Gasteiger partial charge in [0.25, 0.3) is 0 Å². The minimum Gasteiger partial charge on any atom is -0.322 e. The van der Waals surface area contributed by atoms with Gasteiger partial charge in [0.05, 0.1) is 10.2 Å². The maximum atomic E-state index is 4.54. The second kappa shape index (κ2) is 4.03. The van der Waals surface area contributed by atoms with Gasteiger partial charge in [0, 0.05) is 11.7 Å². The van der Waals surface area contributed by atoms with Crippen LogP contribution in [0, 0.1) is 0 Å². The molecule has 0 fully saturated rings. The summed E-state index contributed by atoms with van der Waals surface area (Å²) < 4.78 is 1.17. The van der Waals surface area contributed by atoms with Crippen molar-refractivity contribution in [1.82, 2.24) is 9.97 Å². The van der Waals surface area contributed by atoms with Crippen molar-refractivity contribution in [3.05, 3.63) is 47.6 Å². The molecule has 0 saturated heterocycles. The average molecular weight is 267 g/mol. The van der Waals surface area contributed by atoms with Gasteiger partial charge in [0.1, 0.15) is 6.33 Å². The van der Waals surface area contributed by atoms with Gasteiger partial charge in [-0.05, 0) is 36.4 Å². The van der Waals surface area contributed by atoms with Crippen LogP contribution in [0.5, 0.6) is 0 Å². The van der Waals surface area contributed by atoms with Crippen LogP contribution in [-0.2, 0) is 6.42 Å². The predicted octanol–water partition coefficient (Wildman–Crippen LogP) is 3.77. The van der Waals surface area contributed by atoms with Gasteiger partial charge in [0.2, 0.25) is 0 Å². The molecule has 0 aliphatic carbocycles. The molecule has 0 radical (unpaired) electrons. The summed E-state index contributed by atoms with van der Waals surface area (Å²) in [6.07, 6.45) is 2.74. The molecule has 94 valence electrons. The molecule has 3 aromatic rings. The van der Waals surface area contributed by atoms with Crippen LogP contribution in [0.1, 0.15) is 12.5 Å². The lowest BCUT2D eigenvalue weighted by atomic mass is 10.1. The molecule has 0 saturated carbocycles. The van der Waals surface area contributed by atoms with Crippen molar-refractivity contribution in [2.45, 2.75) is 19.4 Å². The van der Waals surface area contributed by atoms with E-state index in [9.17, 15) is 0 Å². The molecule has 3 heterocycles. The van der Waals surface area contributed by atoms with Crippen LogP contribution in [0.2, 0.25) is 0 Å². The SMILES string of the molecule is C[C@@H]1Cc2ccccc2N1c1ncnc2ccsc12. The molecule has 4 heteroatoms. The van der Waals surface area contributed by atoms with E-state index in [1.54, 1.807) is 17.7 Å². The second-order valence-electron chi connectivity index (χ2n) is 4.88. The van der Waals surface area contributed by atoms with Crippen molar-refractivity contribution in [2.75, 3.05) is 4.90 Å². The maximum Gasteiger partial charge on any atom is 0.154 e. The van der Waals surface area contributed by atoms with Crippen LogP contribution in [0.15, 0.2) is 42.0 Å². The van der Waals surface area contributed by atoms with Gasteiger partial charge in [-0.15, -0.1) is 11.3 Å². The number of para-hydroxylation sites is 1. The molecule has 0 N–H and O–H groups in total. The van der Waals surface area contributed by atoms with E-state index in [1.807, 2.05) is 0 Å². The number of thiophene rings is 1. The zero-order valence-corrected chi connectivity index (χ0v) is 11.4. The molecule has 1 atom stereocenters. The number of aromatic nitrogens is 2. The Morgan fingerprint density at radius 3 is 3.05 bits per heavy atom. The Kier molecular flexibility index (Phi) is 2.32. The van der Waals surface area contributed by atoms with E-state index >= 15 is 0 Å². The molecule has 0 amide bonds. The predicted molar refractivity (Wildman–Crippen MR) is 79.2 cm³/mol. The second-order valence-corrected chi connectivity index (χ2v) is 5.80. The fourth-order valence-corrected chi connectivity index (χ4v) is 3.67. The molecule has 1 aromatic carbocycles. The van der Waals surface area contributed by atoms with Crippen molar-refractivity contribution in [3.8, 4) is 0 Å². The number of fused-ring (bicyclic) bond motifs is 2. The summed E-state index contributed by atoms with van der Waals surface area (Å²) in [5, 5.41) is 2.08. The van der Waals surface area contributed by atoms with Crippen molar-refractivity contribution in [1.29, 1.82) is 0 Å². The molecular formula is C15H13N3S. The van der Waals surface area contributed by atoms with E-state index in [0.717, 1.165) is 17.8 Å². The van der Waals surface area contributed by atoms with Crippen LogP contribution in [-0.4, -0.2) is 16.0 Å². The Labute approximate surface area is 115 Å². The highest BCUT2D eigenvalue weighted by Gasteiger charge is 2.29. The first-order valence-corrected chi connectivity index (χ1v) is 7.28. The number of anilines is 2. The summed E-state index contributed by atoms with van der Waals surface area (Å²) in [4.78, 5) is 11.2. The first-order valence-electron chi connectivity index (χ1n) is 6.40. The van der Waals surface area contributed by atoms with Gasteiger partial charge in [-0.25, -0.2) is 9.97 Å². The fourth-order valence-electron chi connectivity index (χ4n) is 2.84. The van der Waals surface area contributed by atoms with E-state index in [2.05, 4.69) is 57.5 Å². The van der Waals surface area contributed by atoms with E-state index in [4.69, 9.17) is 0 Å². The minimum atomic E-state index is 0.442. The van der Waals surface area contributed by atoms with Crippen molar-refractivity contribution in [2.24, 2.45) is 0 Å². The summed E-state index contributed by atoms with van der Waals surface area (Å²) in [6, 6.07) is 11.1. The number of hydrogen-bond acceptors (Lipinski definition) is 4. The van der Waals surface area contributed by atoms with E-state index in [1.165, 1.54) is 16.0 Å². The highest BCUT2D eigenvalue weighted by atomic mass is 32.1. The van der Waals surface area contributed by atoms with Gasteiger partial charge >= 0.3 is 0 Å². The van der Waals surface area contributed by atoms with Crippen LogP contribution < -0.4 is 4.90 Å². The normalized spacial score (nSPS) is 17.9. The van der Waals surface area contributed by atoms with E-state index in [-0.39, 0.29) is 0 Å². The third-order valence-electron chi connectivity index (χ3n) is 3.66. The van der Waals surface area contributed by atoms with E-state index in [0.29, 0.717) is 6.04 Å². The number of benzene rings is 1. The molecule has 1 aliphatic rings. The highest BCUT2D eigenvalue weighted by molar-refractivity contribution is 7.17. The third kappa shape index (κ3) is 1.56. The zero-order valence-electron chi connectivity index (χ0n) is 10.6. The van der Waals surface area contributed by atoms with Crippen molar-refractivity contribution >= 4 is 33.1 Å². The molecule has 3 nitrogen and oxygen atoms in total. The van der Waals surface area contributed by atoms with Crippen molar-refractivity contribution in [3.63, 3.8) is 0 Å². The summed E-state index contributed by atoms with van der Waals surface area (Å²) in [5.74, 6) is 1.04. The van der Waals surface area contributed by atoms with Gasteiger partial charge < -0.3 is 4.90 Å². The standard InChI is InChI=1S/C15H13N3S/c1-10-8-11-4-2-3-5-13(11)18(10)15-14-12(6-7-19-14)16-9-17-15/h2-7,9-10H,8H2,1H3/t10-/m1/s1. The Hall–Kier alpha value is -1.94. The molecule has 4 rings (SSSR count). The first kappa shape index (κ1) is 10.9. The monoisotopic (exact) mass is 267 g/mol. The van der Waals surface area contributed by atoms with Crippen LogP contribution in [0.3, 0.4) is 0 Å². The number of nitrogens with zero attached hydrogens (tertiary/aromatic N) is 3. The van der Waals surface area contributed by atoms with Gasteiger partial charge in [-0.2, -0.15) is 0 Å². The molecule has 19 heavy (non-hydrogen) atoms. The van der Waals surface area contributed by atoms with E-state index < -0.39 is 0 Å². The highest BCUT2D eigenvalue weighted by Crippen LogP contribution is 2.40. The number of rotatable bonds is 1. The summed E-state index contributed by atoms with van der Waals surface area (Å²) >= 11 is 1.71. The molecular weight excluding hydrogens is 254 g/mol. The molecule has 0 unspecified atom stereocenters.